The Bertz CT molecular complexity index is 1070. The molecular weight excluding hydrogens is 460 g/mol. The first-order valence-electron chi connectivity index (χ1n) is 14.6. The van der Waals surface area contributed by atoms with Crippen molar-refractivity contribution in [2.75, 3.05) is 13.1 Å². The number of nitrogens with zero attached hydrogens (tertiary/aromatic N) is 2. The number of hydrogen-bond donors (Lipinski definition) is 0. The second-order valence-corrected chi connectivity index (χ2v) is 11.8. The summed E-state index contributed by atoms with van der Waals surface area (Å²) in [5.74, 6) is 0.912. The van der Waals surface area contributed by atoms with Crippen molar-refractivity contribution in [1.82, 2.24) is 9.47 Å². The molecule has 2 aromatic rings. The molecule has 5 heteroatoms. The summed E-state index contributed by atoms with van der Waals surface area (Å²) in [6, 6.07) is 14.1. The zero-order valence-corrected chi connectivity index (χ0v) is 23.3. The second-order valence-electron chi connectivity index (χ2n) is 11.8. The van der Waals surface area contributed by atoms with E-state index in [1.54, 1.807) is 6.07 Å². The average molecular weight is 507 g/mol. The molecule has 4 rings (SSSR count). The summed E-state index contributed by atoms with van der Waals surface area (Å²) in [7, 11) is 0. The van der Waals surface area contributed by atoms with Gasteiger partial charge in [0.15, 0.2) is 6.23 Å². The van der Waals surface area contributed by atoms with Crippen LogP contribution in [0.25, 0.3) is 0 Å². The van der Waals surface area contributed by atoms with E-state index in [-0.39, 0.29) is 23.7 Å². The zero-order chi connectivity index (χ0) is 26.4. The first-order chi connectivity index (χ1) is 17.9. The van der Waals surface area contributed by atoms with Crippen LogP contribution in [-0.4, -0.2) is 34.8 Å². The fourth-order valence-electron chi connectivity index (χ4n) is 6.19. The predicted octanol–water partition coefficient (Wildman–Crippen LogP) is 6.50. The first-order valence-corrected chi connectivity index (χ1v) is 14.6. The number of ether oxygens (including phenoxy) is 1. The maximum Gasteiger partial charge on any atom is 0.314 e. The number of fused-ring (bicyclic) bond motifs is 4. The summed E-state index contributed by atoms with van der Waals surface area (Å²) >= 11 is 0. The van der Waals surface area contributed by atoms with E-state index in [1.165, 1.54) is 31.2 Å². The Morgan fingerprint density at radius 2 is 1.73 bits per heavy atom. The standard InChI is InChI=1S/C32H46N2O3/c1-5-6-7-8-9-13-31(37-32(36)24(4)27-16-14-25(15-17-27)18-23(2)3)33-20-26-19-28(22-33)29-11-10-12-30(35)34(29)21-26/h10-12,14-17,23-24,26,28,31H,5-9,13,18-22H2,1-4H3/t24?,26-,28?,31?/m1/s1. The number of pyridine rings is 1. The highest BCUT2D eigenvalue weighted by molar-refractivity contribution is 5.77. The predicted molar refractivity (Wildman–Crippen MR) is 150 cm³/mol. The van der Waals surface area contributed by atoms with E-state index in [9.17, 15) is 9.59 Å². The minimum atomic E-state index is -0.292. The van der Waals surface area contributed by atoms with Crippen LogP contribution in [0.1, 0.15) is 101 Å². The molecule has 0 spiro atoms. The molecule has 2 aliphatic heterocycles. The van der Waals surface area contributed by atoms with Gasteiger partial charge < -0.3 is 9.30 Å². The van der Waals surface area contributed by atoms with E-state index in [0.717, 1.165) is 56.6 Å². The number of unbranched alkanes of at least 4 members (excludes halogenated alkanes) is 4. The van der Waals surface area contributed by atoms with Gasteiger partial charge in [-0.3, -0.25) is 14.5 Å². The van der Waals surface area contributed by atoms with Crippen LogP contribution in [0.4, 0.5) is 0 Å². The van der Waals surface area contributed by atoms with Gasteiger partial charge in [0.05, 0.1) is 5.92 Å². The Labute approximate surface area is 223 Å². The summed E-state index contributed by atoms with van der Waals surface area (Å²) in [6.45, 7) is 11.1. The van der Waals surface area contributed by atoms with E-state index in [0.29, 0.717) is 17.8 Å². The molecule has 2 bridgehead atoms. The van der Waals surface area contributed by atoms with Crippen LogP contribution < -0.4 is 5.56 Å². The van der Waals surface area contributed by atoms with Crippen molar-refractivity contribution in [3.63, 3.8) is 0 Å². The van der Waals surface area contributed by atoms with Crippen LogP contribution in [0.5, 0.6) is 0 Å². The second kappa shape index (κ2) is 12.9. The third-order valence-corrected chi connectivity index (χ3v) is 8.20. The Morgan fingerprint density at radius 3 is 2.46 bits per heavy atom. The quantitative estimate of drug-likeness (QED) is 0.244. The van der Waals surface area contributed by atoms with Crippen LogP contribution >= 0.6 is 0 Å². The van der Waals surface area contributed by atoms with Crippen LogP contribution in [0, 0.1) is 11.8 Å². The monoisotopic (exact) mass is 506 g/mol. The van der Waals surface area contributed by atoms with Gasteiger partial charge in [-0.15, -0.1) is 0 Å². The van der Waals surface area contributed by atoms with Crippen molar-refractivity contribution in [3.8, 4) is 0 Å². The van der Waals surface area contributed by atoms with Gasteiger partial charge in [0.2, 0.25) is 0 Å². The van der Waals surface area contributed by atoms with E-state index in [1.807, 2.05) is 17.6 Å². The van der Waals surface area contributed by atoms with Gasteiger partial charge in [0.1, 0.15) is 0 Å². The van der Waals surface area contributed by atoms with Gasteiger partial charge in [-0.2, -0.15) is 0 Å². The number of aromatic nitrogens is 1. The molecule has 0 N–H and O–H groups in total. The molecule has 1 aromatic carbocycles. The third-order valence-electron chi connectivity index (χ3n) is 8.20. The van der Waals surface area contributed by atoms with Gasteiger partial charge in [-0.05, 0) is 61.6 Å². The maximum absolute atomic E-state index is 13.4. The molecule has 4 atom stereocenters. The molecule has 3 heterocycles. The molecule has 3 unspecified atom stereocenters. The number of carbonyl (C=O) groups is 1. The Balaban J connectivity index is 1.45. The lowest BCUT2D eigenvalue weighted by molar-refractivity contribution is -0.164. The topological polar surface area (TPSA) is 51.5 Å². The molecule has 1 aromatic heterocycles. The number of likely N-dealkylation sites (tertiary alicyclic amines) is 1. The highest BCUT2D eigenvalue weighted by atomic mass is 16.6. The number of rotatable bonds is 12. The average Bonchev–Trinajstić information content (AvgIpc) is 2.88. The summed E-state index contributed by atoms with van der Waals surface area (Å²) in [6.07, 6.45) is 8.78. The lowest BCUT2D eigenvalue weighted by atomic mass is 9.83. The van der Waals surface area contributed by atoms with Crippen molar-refractivity contribution in [3.05, 3.63) is 69.6 Å². The van der Waals surface area contributed by atoms with Gasteiger partial charge in [0, 0.05) is 37.3 Å². The van der Waals surface area contributed by atoms with Crippen LogP contribution in [0.2, 0.25) is 0 Å². The number of benzene rings is 1. The molecule has 202 valence electrons. The molecule has 37 heavy (non-hydrogen) atoms. The minimum Gasteiger partial charge on any atom is -0.446 e. The summed E-state index contributed by atoms with van der Waals surface area (Å²) in [5, 5.41) is 0. The molecule has 0 saturated carbocycles. The molecule has 2 aliphatic rings. The molecular formula is C32H46N2O3. The largest absolute Gasteiger partial charge is 0.446 e. The fraction of sp³-hybridized carbons (Fsp3) is 0.625. The highest BCUT2D eigenvalue weighted by Gasteiger charge is 2.38. The fourth-order valence-corrected chi connectivity index (χ4v) is 6.19. The third kappa shape index (κ3) is 7.13. The van der Waals surface area contributed by atoms with Crippen LogP contribution in [0.15, 0.2) is 47.3 Å². The molecule has 1 saturated heterocycles. The van der Waals surface area contributed by atoms with Crippen LogP contribution in [-0.2, 0) is 22.5 Å². The number of hydrogen-bond acceptors (Lipinski definition) is 4. The zero-order valence-electron chi connectivity index (χ0n) is 23.3. The first kappa shape index (κ1) is 27.6. The lowest BCUT2D eigenvalue weighted by Crippen LogP contribution is -2.51. The smallest absolute Gasteiger partial charge is 0.314 e. The number of piperidine rings is 1. The normalized spacial score (nSPS) is 20.9. The van der Waals surface area contributed by atoms with Crippen molar-refractivity contribution in [2.45, 2.75) is 104 Å². The molecule has 0 amide bonds. The SMILES string of the molecule is CCCCCCCC(OC(=O)C(C)c1ccc(CC(C)C)cc1)N1CC2C[C@H](C1)Cn1c2cccc1=O. The van der Waals surface area contributed by atoms with Gasteiger partial charge in [-0.25, -0.2) is 0 Å². The van der Waals surface area contributed by atoms with Crippen LogP contribution in [0.3, 0.4) is 0 Å². The molecule has 5 nitrogen and oxygen atoms in total. The van der Waals surface area contributed by atoms with E-state index in [4.69, 9.17) is 4.74 Å². The molecule has 1 fully saturated rings. The Kier molecular flexibility index (Phi) is 9.64. The van der Waals surface area contributed by atoms with Gasteiger partial charge >= 0.3 is 5.97 Å². The Morgan fingerprint density at radius 1 is 0.973 bits per heavy atom. The Hall–Kier alpha value is -2.40. The van der Waals surface area contributed by atoms with Crippen molar-refractivity contribution in [1.29, 1.82) is 0 Å². The maximum atomic E-state index is 13.4. The lowest BCUT2D eigenvalue weighted by Gasteiger charge is -2.45. The highest BCUT2D eigenvalue weighted by Crippen LogP contribution is 2.36. The summed E-state index contributed by atoms with van der Waals surface area (Å²) in [4.78, 5) is 28.2. The minimum absolute atomic E-state index is 0.104. The van der Waals surface area contributed by atoms with Gasteiger partial charge in [0.25, 0.3) is 5.56 Å². The number of esters is 1. The van der Waals surface area contributed by atoms with Crippen molar-refractivity contribution >= 4 is 5.97 Å². The summed E-state index contributed by atoms with van der Waals surface area (Å²) < 4.78 is 8.27. The molecule has 0 radical (unpaired) electrons. The van der Waals surface area contributed by atoms with Crippen molar-refractivity contribution in [2.24, 2.45) is 11.8 Å². The number of carbonyl (C=O) groups excluding carboxylic acids is 1. The molecule has 0 aliphatic carbocycles. The van der Waals surface area contributed by atoms with E-state index in [2.05, 4.69) is 56.0 Å². The van der Waals surface area contributed by atoms with E-state index < -0.39 is 0 Å². The van der Waals surface area contributed by atoms with Gasteiger partial charge in [-0.1, -0.05) is 76.8 Å². The summed E-state index contributed by atoms with van der Waals surface area (Å²) in [5.41, 5.74) is 3.57. The van der Waals surface area contributed by atoms with E-state index >= 15 is 0 Å². The van der Waals surface area contributed by atoms with Crippen molar-refractivity contribution < 1.29 is 9.53 Å².